The molecule has 1 aromatic carbocycles. The maximum absolute atomic E-state index is 12.8. The summed E-state index contributed by atoms with van der Waals surface area (Å²) in [6, 6.07) is 11.8. The monoisotopic (exact) mass is 353 g/mol. The van der Waals surface area contributed by atoms with Crippen LogP contribution >= 0.6 is 0 Å². The summed E-state index contributed by atoms with van der Waals surface area (Å²) in [6.07, 6.45) is 3.08. The number of ether oxygens (including phenoxy) is 2. The summed E-state index contributed by atoms with van der Waals surface area (Å²) < 4.78 is 11.4. The second-order valence-electron chi connectivity index (χ2n) is 6.82. The molecule has 0 unspecified atom stereocenters. The van der Waals surface area contributed by atoms with Gasteiger partial charge in [0.1, 0.15) is 5.69 Å². The minimum atomic E-state index is -0.473. The van der Waals surface area contributed by atoms with Crippen LogP contribution in [0.3, 0.4) is 0 Å². The Morgan fingerprint density at radius 3 is 2.46 bits per heavy atom. The van der Waals surface area contributed by atoms with Crippen molar-refractivity contribution in [1.82, 2.24) is 9.88 Å². The molecule has 6 nitrogen and oxygen atoms in total. The van der Waals surface area contributed by atoms with Gasteiger partial charge in [-0.25, -0.2) is 0 Å². The lowest BCUT2D eigenvalue weighted by Gasteiger charge is -2.37. The van der Waals surface area contributed by atoms with E-state index in [2.05, 4.69) is 17.2 Å². The number of hydrogen-bond donors (Lipinski definition) is 1. The molecule has 1 N–H and O–H groups in total. The number of aryl methyl sites for hydroxylation is 1. The first-order valence-corrected chi connectivity index (χ1v) is 9.01. The van der Waals surface area contributed by atoms with Gasteiger partial charge in [-0.05, 0) is 31.2 Å². The lowest BCUT2D eigenvalue weighted by molar-refractivity contribution is -0.181. The third kappa shape index (κ3) is 3.57. The average Bonchev–Trinajstić information content (AvgIpc) is 3.12. The third-order valence-electron chi connectivity index (χ3n) is 4.95. The molecule has 0 saturated carbocycles. The molecule has 2 fully saturated rings. The second kappa shape index (κ2) is 7.05. The number of nitrogens with one attached hydrogen (secondary N) is 1. The Morgan fingerprint density at radius 2 is 1.77 bits per heavy atom. The smallest absolute Gasteiger partial charge is 0.272 e. The average molecular weight is 353 g/mol. The maximum atomic E-state index is 12.8. The predicted molar refractivity (Wildman–Crippen MR) is 98.5 cm³/mol. The topological polar surface area (TPSA) is 63.7 Å². The zero-order valence-corrected chi connectivity index (χ0v) is 14.9. The summed E-state index contributed by atoms with van der Waals surface area (Å²) >= 11 is 0. The van der Waals surface area contributed by atoms with Crippen molar-refractivity contribution < 1.29 is 14.3 Å². The van der Waals surface area contributed by atoms with E-state index in [1.807, 2.05) is 35.2 Å². The van der Waals surface area contributed by atoms with Crippen LogP contribution < -0.4 is 5.32 Å². The van der Waals surface area contributed by atoms with Gasteiger partial charge >= 0.3 is 0 Å². The van der Waals surface area contributed by atoms with Gasteiger partial charge in [-0.2, -0.15) is 0 Å². The minimum Gasteiger partial charge on any atom is -0.355 e. The Morgan fingerprint density at radius 1 is 1.08 bits per heavy atom. The van der Waals surface area contributed by atoms with Crippen LogP contribution in [0.15, 0.2) is 42.6 Å². The second-order valence-corrected chi connectivity index (χ2v) is 6.82. The molecule has 0 atom stereocenters. The third-order valence-corrected chi connectivity index (χ3v) is 4.95. The fraction of sp³-hybridized carbons (Fsp3) is 0.400. The molecular weight excluding hydrogens is 330 g/mol. The summed E-state index contributed by atoms with van der Waals surface area (Å²) in [5, 5.41) is 3.32. The SMILES string of the molecule is Cc1ccc(Nc2ccnc(C(=O)N3CCC4(CC3)OCCO4)c2)cc1. The normalized spacial score (nSPS) is 18.9. The number of rotatable bonds is 3. The van der Waals surface area contributed by atoms with Gasteiger partial charge in [0, 0.05) is 43.5 Å². The number of piperidine rings is 1. The lowest BCUT2D eigenvalue weighted by Crippen LogP contribution is -2.47. The summed E-state index contributed by atoms with van der Waals surface area (Å²) in [5.41, 5.74) is 3.49. The fourth-order valence-electron chi connectivity index (χ4n) is 3.43. The largest absolute Gasteiger partial charge is 0.355 e. The molecule has 2 aliphatic heterocycles. The number of carbonyl (C=O) groups is 1. The molecule has 2 saturated heterocycles. The van der Waals surface area contributed by atoms with Crippen molar-refractivity contribution in [2.45, 2.75) is 25.6 Å². The number of benzene rings is 1. The van der Waals surface area contributed by atoms with Crippen molar-refractivity contribution in [3.8, 4) is 0 Å². The first kappa shape index (κ1) is 17.0. The van der Waals surface area contributed by atoms with Gasteiger partial charge < -0.3 is 19.7 Å². The van der Waals surface area contributed by atoms with E-state index in [1.54, 1.807) is 12.3 Å². The molecule has 136 valence electrons. The number of likely N-dealkylation sites (tertiary alicyclic amines) is 1. The zero-order valence-electron chi connectivity index (χ0n) is 14.9. The van der Waals surface area contributed by atoms with Gasteiger partial charge in [-0.3, -0.25) is 9.78 Å². The molecule has 3 heterocycles. The Balaban J connectivity index is 1.42. The Kier molecular flexibility index (Phi) is 4.61. The zero-order chi connectivity index (χ0) is 18.0. The van der Waals surface area contributed by atoms with E-state index in [-0.39, 0.29) is 5.91 Å². The number of hydrogen-bond acceptors (Lipinski definition) is 5. The van der Waals surface area contributed by atoms with Crippen LogP contribution in [0.2, 0.25) is 0 Å². The van der Waals surface area contributed by atoms with E-state index in [1.165, 1.54) is 5.56 Å². The van der Waals surface area contributed by atoms with Crippen LogP contribution in [0.5, 0.6) is 0 Å². The highest BCUT2D eigenvalue weighted by molar-refractivity contribution is 5.93. The summed E-state index contributed by atoms with van der Waals surface area (Å²) in [5.74, 6) is -0.524. The Labute approximate surface area is 153 Å². The first-order chi connectivity index (χ1) is 12.6. The van der Waals surface area contributed by atoms with Crippen molar-refractivity contribution in [3.05, 3.63) is 53.9 Å². The highest BCUT2D eigenvalue weighted by atomic mass is 16.7. The van der Waals surface area contributed by atoms with Crippen molar-refractivity contribution in [1.29, 1.82) is 0 Å². The molecule has 2 aromatic rings. The number of amides is 1. The quantitative estimate of drug-likeness (QED) is 0.919. The van der Waals surface area contributed by atoms with E-state index in [0.717, 1.165) is 11.4 Å². The molecule has 4 rings (SSSR count). The van der Waals surface area contributed by atoms with Crippen LogP contribution in [0, 0.1) is 6.92 Å². The number of pyridine rings is 1. The number of aromatic nitrogens is 1. The lowest BCUT2D eigenvalue weighted by atomic mass is 10.0. The van der Waals surface area contributed by atoms with Gasteiger partial charge in [-0.15, -0.1) is 0 Å². The fourth-order valence-corrected chi connectivity index (χ4v) is 3.43. The number of nitrogens with zero attached hydrogens (tertiary/aromatic N) is 2. The molecule has 1 spiro atoms. The molecule has 0 bridgehead atoms. The van der Waals surface area contributed by atoms with Gasteiger partial charge in [0.15, 0.2) is 5.79 Å². The Bertz CT molecular complexity index is 775. The van der Waals surface area contributed by atoms with E-state index < -0.39 is 5.79 Å². The van der Waals surface area contributed by atoms with Crippen LogP contribution in [0.4, 0.5) is 11.4 Å². The molecule has 1 aromatic heterocycles. The molecular formula is C20H23N3O3. The molecule has 1 amide bonds. The van der Waals surface area contributed by atoms with E-state index >= 15 is 0 Å². The first-order valence-electron chi connectivity index (χ1n) is 9.01. The molecule has 2 aliphatic rings. The highest BCUT2D eigenvalue weighted by Crippen LogP contribution is 2.31. The standard InChI is InChI=1S/C20H23N3O3/c1-15-2-4-16(5-3-15)22-17-6-9-21-18(14-17)19(24)23-10-7-20(8-11-23)25-12-13-26-20/h2-6,9,14H,7-8,10-13H2,1H3,(H,21,22). The van der Waals surface area contributed by atoms with Crippen LogP contribution in [-0.4, -0.2) is 47.9 Å². The Hall–Kier alpha value is -2.44. The van der Waals surface area contributed by atoms with Crippen LogP contribution in [0.1, 0.15) is 28.9 Å². The van der Waals surface area contributed by atoms with E-state index in [4.69, 9.17) is 9.47 Å². The van der Waals surface area contributed by atoms with Crippen molar-refractivity contribution >= 4 is 17.3 Å². The van der Waals surface area contributed by atoms with Gasteiger partial charge in [0.05, 0.1) is 13.2 Å². The van der Waals surface area contributed by atoms with E-state index in [9.17, 15) is 4.79 Å². The van der Waals surface area contributed by atoms with Gasteiger partial charge in [-0.1, -0.05) is 17.7 Å². The number of anilines is 2. The van der Waals surface area contributed by atoms with Crippen molar-refractivity contribution in [3.63, 3.8) is 0 Å². The van der Waals surface area contributed by atoms with E-state index in [0.29, 0.717) is 44.8 Å². The molecule has 0 radical (unpaired) electrons. The minimum absolute atomic E-state index is 0.0506. The van der Waals surface area contributed by atoms with Crippen molar-refractivity contribution in [2.24, 2.45) is 0 Å². The predicted octanol–water partition coefficient (Wildman–Crippen LogP) is 3.11. The molecule has 0 aliphatic carbocycles. The van der Waals surface area contributed by atoms with Crippen LogP contribution in [-0.2, 0) is 9.47 Å². The summed E-state index contributed by atoms with van der Waals surface area (Å²) in [6.45, 7) is 4.58. The summed E-state index contributed by atoms with van der Waals surface area (Å²) in [4.78, 5) is 18.9. The molecule has 6 heteroatoms. The maximum Gasteiger partial charge on any atom is 0.272 e. The van der Waals surface area contributed by atoms with Crippen molar-refractivity contribution in [2.75, 3.05) is 31.6 Å². The highest BCUT2D eigenvalue weighted by Gasteiger charge is 2.41. The van der Waals surface area contributed by atoms with Crippen LogP contribution in [0.25, 0.3) is 0 Å². The molecule has 26 heavy (non-hydrogen) atoms. The summed E-state index contributed by atoms with van der Waals surface area (Å²) in [7, 11) is 0. The van der Waals surface area contributed by atoms with Gasteiger partial charge in [0.25, 0.3) is 5.91 Å². The van der Waals surface area contributed by atoms with Gasteiger partial charge in [0.2, 0.25) is 0 Å². The number of carbonyl (C=O) groups excluding carboxylic acids is 1.